The molecule has 0 saturated heterocycles. The van der Waals surface area contributed by atoms with Crippen LogP contribution < -0.4 is 21.3 Å². The van der Waals surface area contributed by atoms with Gasteiger partial charge >= 0.3 is 5.69 Å². The second kappa shape index (κ2) is 6.55. The Morgan fingerprint density at radius 1 is 1.29 bits per heavy atom. The third-order valence-corrected chi connectivity index (χ3v) is 4.48. The number of nitrogens with one attached hydrogen (secondary N) is 2. The van der Waals surface area contributed by atoms with Gasteiger partial charge in [0, 0.05) is 12.1 Å². The first-order valence-electron chi connectivity index (χ1n) is 8.29. The predicted molar refractivity (Wildman–Crippen MR) is 94.0 cm³/mol. The number of aromatic amines is 1. The standard InChI is InChI=1S/C18H23N3O3/c1-11(2)21-17(22)10-16(20-18(21)23)19-15-6-4-5-12-9-13(24-3)7-8-14(12)15/h7-11,15,19H,4-6H2,1-3H3,(H,20,23)/t15-/m0/s1. The molecule has 2 aromatic rings. The Hall–Kier alpha value is -2.50. The molecule has 1 aliphatic carbocycles. The Kier molecular flexibility index (Phi) is 4.46. The first kappa shape index (κ1) is 16.4. The van der Waals surface area contributed by atoms with Crippen molar-refractivity contribution in [3.05, 3.63) is 56.2 Å². The number of fused-ring (bicyclic) bond motifs is 1. The average Bonchev–Trinajstić information content (AvgIpc) is 2.53. The predicted octanol–water partition coefficient (Wildman–Crippen LogP) is 2.62. The molecule has 3 rings (SSSR count). The van der Waals surface area contributed by atoms with E-state index in [2.05, 4.69) is 22.4 Å². The van der Waals surface area contributed by atoms with Gasteiger partial charge in [-0.15, -0.1) is 0 Å². The highest BCUT2D eigenvalue weighted by molar-refractivity contribution is 5.44. The number of rotatable bonds is 4. The van der Waals surface area contributed by atoms with Crippen molar-refractivity contribution in [3.63, 3.8) is 0 Å². The quantitative estimate of drug-likeness (QED) is 0.904. The lowest BCUT2D eigenvalue weighted by atomic mass is 9.87. The lowest BCUT2D eigenvalue weighted by molar-refractivity contribution is 0.413. The number of hydrogen-bond acceptors (Lipinski definition) is 4. The van der Waals surface area contributed by atoms with Gasteiger partial charge in [0.15, 0.2) is 0 Å². The minimum absolute atomic E-state index is 0.0737. The molecule has 128 valence electrons. The van der Waals surface area contributed by atoms with Gasteiger partial charge in [-0.25, -0.2) is 4.79 Å². The molecule has 0 radical (unpaired) electrons. The molecule has 0 fully saturated rings. The summed E-state index contributed by atoms with van der Waals surface area (Å²) in [5.41, 5.74) is 1.76. The maximum atomic E-state index is 12.2. The van der Waals surface area contributed by atoms with Crippen molar-refractivity contribution in [2.24, 2.45) is 0 Å². The summed E-state index contributed by atoms with van der Waals surface area (Å²) in [6.07, 6.45) is 3.01. The van der Waals surface area contributed by atoms with E-state index in [0.717, 1.165) is 25.0 Å². The lowest BCUT2D eigenvalue weighted by Gasteiger charge is -2.27. The van der Waals surface area contributed by atoms with E-state index in [1.165, 1.54) is 21.8 Å². The SMILES string of the molecule is COc1ccc2c(c1)CCC[C@@H]2Nc1cc(=O)n(C(C)C)c(=O)[nH]1. The van der Waals surface area contributed by atoms with Gasteiger partial charge in [-0.05, 0) is 56.4 Å². The van der Waals surface area contributed by atoms with Gasteiger partial charge in [-0.2, -0.15) is 0 Å². The largest absolute Gasteiger partial charge is 0.497 e. The lowest BCUT2D eigenvalue weighted by Crippen LogP contribution is -2.36. The van der Waals surface area contributed by atoms with Crippen LogP contribution in [0.15, 0.2) is 33.9 Å². The monoisotopic (exact) mass is 329 g/mol. The van der Waals surface area contributed by atoms with Gasteiger partial charge in [0.1, 0.15) is 11.6 Å². The molecule has 1 heterocycles. The highest BCUT2D eigenvalue weighted by atomic mass is 16.5. The van der Waals surface area contributed by atoms with Crippen molar-refractivity contribution in [2.45, 2.75) is 45.2 Å². The summed E-state index contributed by atoms with van der Waals surface area (Å²) < 4.78 is 6.50. The fraction of sp³-hybridized carbons (Fsp3) is 0.444. The number of anilines is 1. The average molecular weight is 329 g/mol. The molecule has 1 aromatic heterocycles. The van der Waals surface area contributed by atoms with Crippen LogP contribution in [0, 0.1) is 0 Å². The number of H-pyrrole nitrogens is 1. The summed E-state index contributed by atoms with van der Waals surface area (Å²) >= 11 is 0. The molecule has 1 aromatic carbocycles. The number of ether oxygens (including phenoxy) is 1. The molecule has 1 atom stereocenters. The molecule has 2 N–H and O–H groups in total. The van der Waals surface area contributed by atoms with Crippen molar-refractivity contribution in [2.75, 3.05) is 12.4 Å². The van der Waals surface area contributed by atoms with Gasteiger partial charge in [-0.3, -0.25) is 14.3 Å². The molecule has 0 amide bonds. The van der Waals surface area contributed by atoms with Gasteiger partial charge < -0.3 is 10.1 Å². The normalized spacial score (nSPS) is 16.8. The molecular weight excluding hydrogens is 306 g/mol. The molecule has 0 bridgehead atoms. The summed E-state index contributed by atoms with van der Waals surface area (Å²) in [4.78, 5) is 27.1. The minimum atomic E-state index is -0.384. The van der Waals surface area contributed by atoms with Gasteiger partial charge in [0.05, 0.1) is 13.2 Å². The Morgan fingerprint density at radius 2 is 2.08 bits per heavy atom. The van der Waals surface area contributed by atoms with E-state index in [1.54, 1.807) is 7.11 Å². The van der Waals surface area contributed by atoms with E-state index in [0.29, 0.717) is 5.82 Å². The molecule has 24 heavy (non-hydrogen) atoms. The van der Waals surface area contributed by atoms with E-state index in [-0.39, 0.29) is 23.3 Å². The van der Waals surface area contributed by atoms with Crippen molar-refractivity contribution in [3.8, 4) is 5.75 Å². The highest BCUT2D eigenvalue weighted by Gasteiger charge is 2.21. The van der Waals surface area contributed by atoms with Crippen LogP contribution in [-0.2, 0) is 6.42 Å². The van der Waals surface area contributed by atoms with E-state index < -0.39 is 0 Å². The Morgan fingerprint density at radius 3 is 2.75 bits per heavy atom. The zero-order valence-corrected chi connectivity index (χ0v) is 14.3. The second-order valence-corrected chi connectivity index (χ2v) is 6.44. The Bertz CT molecular complexity index is 820. The van der Waals surface area contributed by atoms with Crippen molar-refractivity contribution in [1.82, 2.24) is 9.55 Å². The third kappa shape index (κ3) is 3.09. The minimum Gasteiger partial charge on any atom is -0.497 e. The zero-order valence-electron chi connectivity index (χ0n) is 14.3. The van der Waals surface area contributed by atoms with Crippen molar-refractivity contribution < 1.29 is 4.74 Å². The number of aromatic nitrogens is 2. The molecule has 0 saturated carbocycles. The number of methoxy groups -OCH3 is 1. The van der Waals surface area contributed by atoms with Crippen LogP contribution in [0.25, 0.3) is 0 Å². The van der Waals surface area contributed by atoms with E-state index in [9.17, 15) is 9.59 Å². The van der Waals surface area contributed by atoms with Crippen LogP contribution in [0.5, 0.6) is 5.75 Å². The molecule has 6 nitrogen and oxygen atoms in total. The molecule has 6 heteroatoms. The second-order valence-electron chi connectivity index (χ2n) is 6.44. The maximum Gasteiger partial charge on any atom is 0.330 e. The van der Waals surface area contributed by atoms with Crippen molar-refractivity contribution in [1.29, 1.82) is 0 Å². The molecule has 0 aliphatic heterocycles. The summed E-state index contributed by atoms with van der Waals surface area (Å²) in [5.74, 6) is 1.32. The molecule has 0 unspecified atom stereocenters. The maximum absolute atomic E-state index is 12.2. The molecule has 1 aliphatic rings. The smallest absolute Gasteiger partial charge is 0.330 e. The third-order valence-electron chi connectivity index (χ3n) is 4.48. The Balaban J connectivity index is 1.91. The Labute approximate surface area is 140 Å². The van der Waals surface area contributed by atoms with Crippen LogP contribution in [0.3, 0.4) is 0 Å². The number of aryl methyl sites for hydroxylation is 1. The zero-order chi connectivity index (χ0) is 17.3. The van der Waals surface area contributed by atoms with E-state index in [1.807, 2.05) is 19.9 Å². The highest BCUT2D eigenvalue weighted by Crippen LogP contribution is 2.33. The van der Waals surface area contributed by atoms with Crippen LogP contribution in [-0.4, -0.2) is 16.7 Å². The van der Waals surface area contributed by atoms with E-state index >= 15 is 0 Å². The van der Waals surface area contributed by atoms with Crippen LogP contribution >= 0.6 is 0 Å². The van der Waals surface area contributed by atoms with Gasteiger partial charge in [-0.1, -0.05) is 6.07 Å². The topological polar surface area (TPSA) is 76.1 Å². The van der Waals surface area contributed by atoms with Crippen LogP contribution in [0.2, 0.25) is 0 Å². The molecule has 0 spiro atoms. The van der Waals surface area contributed by atoms with Gasteiger partial charge in [0.2, 0.25) is 0 Å². The first-order valence-corrected chi connectivity index (χ1v) is 8.29. The summed E-state index contributed by atoms with van der Waals surface area (Å²) in [7, 11) is 1.66. The number of nitrogens with zero attached hydrogens (tertiary/aromatic N) is 1. The number of hydrogen-bond donors (Lipinski definition) is 2. The van der Waals surface area contributed by atoms with Crippen LogP contribution in [0.4, 0.5) is 5.82 Å². The van der Waals surface area contributed by atoms with Crippen LogP contribution in [0.1, 0.15) is 49.9 Å². The summed E-state index contributed by atoms with van der Waals surface area (Å²) in [6.45, 7) is 3.63. The van der Waals surface area contributed by atoms with E-state index in [4.69, 9.17) is 4.74 Å². The number of benzene rings is 1. The van der Waals surface area contributed by atoms with Crippen molar-refractivity contribution >= 4 is 5.82 Å². The fourth-order valence-electron chi connectivity index (χ4n) is 3.33. The fourth-order valence-corrected chi connectivity index (χ4v) is 3.33. The molecular formula is C18H23N3O3. The summed E-state index contributed by atoms with van der Waals surface area (Å²) in [6, 6.07) is 7.42. The summed E-state index contributed by atoms with van der Waals surface area (Å²) in [5, 5.41) is 3.31. The van der Waals surface area contributed by atoms with Gasteiger partial charge in [0.25, 0.3) is 5.56 Å². The first-order chi connectivity index (χ1) is 11.5.